The van der Waals surface area contributed by atoms with Gasteiger partial charge in [0, 0.05) is 31.2 Å². The molecule has 1 fully saturated rings. The van der Waals surface area contributed by atoms with Gasteiger partial charge in [-0.2, -0.15) is 0 Å². The van der Waals surface area contributed by atoms with Crippen LogP contribution in [0.3, 0.4) is 0 Å². The van der Waals surface area contributed by atoms with Crippen LogP contribution >= 0.6 is 15.9 Å². The Balaban J connectivity index is 2.15. The summed E-state index contributed by atoms with van der Waals surface area (Å²) >= 11 is 3.34. The summed E-state index contributed by atoms with van der Waals surface area (Å²) in [6.07, 6.45) is 0. The van der Waals surface area contributed by atoms with Crippen molar-refractivity contribution in [2.45, 2.75) is 38.9 Å². The van der Waals surface area contributed by atoms with Gasteiger partial charge >= 0.3 is 0 Å². The molecule has 4 heteroatoms. The number of benzene rings is 1. The number of nitrogens with one attached hydrogen (secondary N) is 1. The first-order valence-corrected chi connectivity index (χ1v) is 7.10. The Morgan fingerprint density at radius 3 is 2.94 bits per heavy atom. The first-order chi connectivity index (χ1) is 8.39. The number of hydrogen-bond donors (Lipinski definition) is 1. The van der Waals surface area contributed by atoms with Gasteiger partial charge in [-0.3, -0.25) is 4.90 Å². The second-order valence-corrected chi connectivity index (χ2v) is 6.52. The SMILES string of the molecule is CC1CNC(C)(C)CN1Cc1cccc(F)c1Br. The Morgan fingerprint density at radius 2 is 2.22 bits per heavy atom. The van der Waals surface area contributed by atoms with Gasteiger partial charge in [0.15, 0.2) is 0 Å². The number of hydrogen-bond acceptors (Lipinski definition) is 2. The molecule has 1 unspecified atom stereocenters. The van der Waals surface area contributed by atoms with Gasteiger partial charge in [0.05, 0.1) is 4.47 Å². The van der Waals surface area contributed by atoms with Crippen LogP contribution in [0.1, 0.15) is 26.3 Å². The van der Waals surface area contributed by atoms with E-state index in [0.717, 1.165) is 25.2 Å². The molecule has 2 nitrogen and oxygen atoms in total. The molecule has 1 atom stereocenters. The minimum Gasteiger partial charge on any atom is -0.309 e. The van der Waals surface area contributed by atoms with E-state index in [1.54, 1.807) is 6.07 Å². The molecule has 0 aliphatic carbocycles. The minimum atomic E-state index is -0.186. The van der Waals surface area contributed by atoms with E-state index in [0.29, 0.717) is 10.5 Å². The number of halogens is 2. The van der Waals surface area contributed by atoms with Gasteiger partial charge in [0.2, 0.25) is 0 Å². The molecule has 1 heterocycles. The van der Waals surface area contributed by atoms with Crippen molar-refractivity contribution < 1.29 is 4.39 Å². The molecule has 1 aliphatic heterocycles. The number of rotatable bonds is 2. The van der Waals surface area contributed by atoms with Crippen molar-refractivity contribution in [3.63, 3.8) is 0 Å². The van der Waals surface area contributed by atoms with Crippen LogP contribution in [0.5, 0.6) is 0 Å². The second-order valence-electron chi connectivity index (χ2n) is 5.73. The highest BCUT2D eigenvalue weighted by atomic mass is 79.9. The van der Waals surface area contributed by atoms with Crippen LogP contribution < -0.4 is 5.32 Å². The van der Waals surface area contributed by atoms with Gasteiger partial charge in [-0.15, -0.1) is 0 Å². The van der Waals surface area contributed by atoms with Crippen molar-refractivity contribution in [2.24, 2.45) is 0 Å². The number of piperazine rings is 1. The molecule has 0 amide bonds. The van der Waals surface area contributed by atoms with Crippen LogP contribution in [0.4, 0.5) is 4.39 Å². The Hall–Kier alpha value is -0.450. The molecule has 0 spiro atoms. The minimum absolute atomic E-state index is 0.117. The summed E-state index contributed by atoms with van der Waals surface area (Å²) in [6.45, 7) is 9.33. The summed E-state index contributed by atoms with van der Waals surface area (Å²) < 4.78 is 14.1. The van der Waals surface area contributed by atoms with Gasteiger partial charge in [0.1, 0.15) is 5.82 Å². The molecule has 0 radical (unpaired) electrons. The third-order valence-corrected chi connectivity index (χ3v) is 4.39. The van der Waals surface area contributed by atoms with Gasteiger partial charge < -0.3 is 5.32 Å². The summed E-state index contributed by atoms with van der Waals surface area (Å²) in [4.78, 5) is 2.40. The lowest BCUT2D eigenvalue weighted by Crippen LogP contribution is -2.60. The lowest BCUT2D eigenvalue weighted by atomic mass is 9.98. The van der Waals surface area contributed by atoms with Gasteiger partial charge in [-0.05, 0) is 48.3 Å². The molecule has 1 aromatic carbocycles. The van der Waals surface area contributed by atoms with E-state index in [1.807, 2.05) is 6.07 Å². The molecule has 2 rings (SSSR count). The third-order valence-electron chi connectivity index (χ3n) is 3.50. The molecule has 18 heavy (non-hydrogen) atoms. The molecule has 0 aromatic heterocycles. The van der Waals surface area contributed by atoms with E-state index in [2.05, 4.69) is 46.9 Å². The zero-order valence-corrected chi connectivity index (χ0v) is 12.7. The van der Waals surface area contributed by atoms with Crippen LogP contribution in [-0.4, -0.2) is 29.6 Å². The van der Waals surface area contributed by atoms with Crippen molar-refractivity contribution in [3.8, 4) is 0 Å². The molecule has 0 saturated carbocycles. The van der Waals surface area contributed by atoms with Crippen molar-refractivity contribution in [1.82, 2.24) is 10.2 Å². The van der Waals surface area contributed by atoms with Crippen molar-refractivity contribution in [3.05, 3.63) is 34.1 Å². The second kappa shape index (κ2) is 5.27. The van der Waals surface area contributed by atoms with Gasteiger partial charge in [-0.25, -0.2) is 4.39 Å². The Morgan fingerprint density at radius 1 is 1.50 bits per heavy atom. The lowest BCUT2D eigenvalue weighted by Gasteiger charge is -2.43. The maximum atomic E-state index is 13.5. The normalized spacial score (nSPS) is 24.2. The van der Waals surface area contributed by atoms with Crippen LogP contribution in [-0.2, 0) is 6.54 Å². The Kier molecular flexibility index (Phi) is 4.09. The molecule has 1 N–H and O–H groups in total. The zero-order valence-electron chi connectivity index (χ0n) is 11.1. The van der Waals surface area contributed by atoms with E-state index in [4.69, 9.17) is 0 Å². The molecule has 1 aromatic rings. The Bertz CT molecular complexity index is 434. The molecule has 1 saturated heterocycles. The largest absolute Gasteiger partial charge is 0.309 e. The summed E-state index contributed by atoms with van der Waals surface area (Å²) in [5, 5.41) is 3.52. The first kappa shape index (κ1) is 14.0. The van der Waals surface area contributed by atoms with E-state index in [1.165, 1.54) is 6.07 Å². The van der Waals surface area contributed by atoms with Crippen LogP contribution in [0, 0.1) is 5.82 Å². The highest BCUT2D eigenvalue weighted by molar-refractivity contribution is 9.10. The topological polar surface area (TPSA) is 15.3 Å². The molecule has 0 bridgehead atoms. The summed E-state index contributed by atoms with van der Waals surface area (Å²) in [7, 11) is 0. The van der Waals surface area contributed by atoms with E-state index in [-0.39, 0.29) is 11.4 Å². The van der Waals surface area contributed by atoms with Crippen LogP contribution in [0.15, 0.2) is 22.7 Å². The fraction of sp³-hybridized carbons (Fsp3) is 0.571. The zero-order chi connectivity index (χ0) is 13.3. The predicted molar refractivity (Wildman–Crippen MR) is 76.1 cm³/mol. The average Bonchev–Trinajstić information content (AvgIpc) is 2.29. The third kappa shape index (κ3) is 3.11. The van der Waals surface area contributed by atoms with Crippen molar-refractivity contribution in [2.75, 3.05) is 13.1 Å². The molecule has 1 aliphatic rings. The van der Waals surface area contributed by atoms with Gasteiger partial charge in [-0.1, -0.05) is 12.1 Å². The summed E-state index contributed by atoms with van der Waals surface area (Å²) in [5.74, 6) is -0.186. The lowest BCUT2D eigenvalue weighted by molar-refractivity contribution is 0.0975. The predicted octanol–water partition coefficient (Wildman–Crippen LogP) is 3.16. The monoisotopic (exact) mass is 314 g/mol. The van der Waals surface area contributed by atoms with Crippen molar-refractivity contribution in [1.29, 1.82) is 0 Å². The fourth-order valence-electron chi connectivity index (χ4n) is 2.37. The van der Waals surface area contributed by atoms with Crippen molar-refractivity contribution >= 4 is 15.9 Å². The molecular weight excluding hydrogens is 295 g/mol. The smallest absolute Gasteiger partial charge is 0.137 e. The average molecular weight is 315 g/mol. The fourth-order valence-corrected chi connectivity index (χ4v) is 2.76. The van der Waals surface area contributed by atoms with Crippen LogP contribution in [0.25, 0.3) is 0 Å². The first-order valence-electron chi connectivity index (χ1n) is 6.31. The maximum absolute atomic E-state index is 13.5. The quantitative estimate of drug-likeness (QED) is 0.902. The van der Waals surface area contributed by atoms with Gasteiger partial charge in [0.25, 0.3) is 0 Å². The molecular formula is C14H20BrFN2. The number of nitrogens with zero attached hydrogens (tertiary/aromatic N) is 1. The maximum Gasteiger partial charge on any atom is 0.137 e. The summed E-state index contributed by atoms with van der Waals surface area (Å²) in [5.41, 5.74) is 1.13. The molecule has 100 valence electrons. The highest BCUT2D eigenvalue weighted by Crippen LogP contribution is 2.24. The Labute approximate surface area is 117 Å². The van der Waals surface area contributed by atoms with E-state index >= 15 is 0 Å². The summed E-state index contributed by atoms with van der Waals surface area (Å²) in [6, 6.07) is 5.70. The highest BCUT2D eigenvalue weighted by Gasteiger charge is 2.30. The van der Waals surface area contributed by atoms with Crippen LogP contribution in [0.2, 0.25) is 0 Å². The van der Waals surface area contributed by atoms with E-state index in [9.17, 15) is 4.39 Å². The van der Waals surface area contributed by atoms with E-state index < -0.39 is 0 Å². The standard InChI is InChI=1S/C14H20BrFN2/c1-10-7-17-14(2,3)9-18(10)8-11-5-4-6-12(16)13(11)15/h4-6,10,17H,7-9H2,1-3H3.